The fourth-order valence-corrected chi connectivity index (χ4v) is 2.70. The van der Waals surface area contributed by atoms with Crippen LogP contribution in [0.4, 0.5) is 11.5 Å². The van der Waals surface area contributed by atoms with Crippen molar-refractivity contribution in [1.82, 2.24) is 4.98 Å². The number of nitrogens with one attached hydrogen (secondary N) is 1. The lowest BCUT2D eigenvalue weighted by molar-refractivity contribution is -0.384. The molecule has 0 amide bonds. The lowest BCUT2D eigenvalue weighted by Gasteiger charge is -2.13. The van der Waals surface area contributed by atoms with Gasteiger partial charge in [0.05, 0.1) is 23.3 Å². The van der Waals surface area contributed by atoms with Crippen molar-refractivity contribution in [2.24, 2.45) is 5.10 Å². The largest absolute Gasteiger partial charge is 0.490 e. The van der Waals surface area contributed by atoms with Gasteiger partial charge in [-0.25, -0.2) is 9.78 Å². The fourth-order valence-electron chi connectivity index (χ4n) is 2.70. The number of benzene rings is 2. The Labute approximate surface area is 183 Å². The van der Waals surface area contributed by atoms with Gasteiger partial charge in [0.25, 0.3) is 0 Å². The number of carbonyl (C=O) groups is 1. The molecule has 10 heteroatoms. The molecule has 2 aromatic carbocycles. The summed E-state index contributed by atoms with van der Waals surface area (Å²) in [4.78, 5) is 25.4. The Bertz CT molecular complexity index is 1130. The summed E-state index contributed by atoms with van der Waals surface area (Å²) < 4.78 is 11.5. The molecule has 0 aliphatic carbocycles. The molecule has 0 saturated heterocycles. The van der Waals surface area contributed by atoms with Crippen molar-refractivity contribution in [3.8, 4) is 11.5 Å². The summed E-state index contributed by atoms with van der Waals surface area (Å²) in [7, 11) is 0. The van der Waals surface area contributed by atoms with Crippen molar-refractivity contribution in [2.75, 3.05) is 12.0 Å². The SMILES string of the molecule is CCOc1cc(/C=N\Nc2ncccc2[N+](=O)[O-])ccc1OCc1ccc(C(=O)O)cc1. The second-order valence-corrected chi connectivity index (χ2v) is 6.43. The number of ether oxygens (including phenoxy) is 2. The van der Waals surface area contributed by atoms with E-state index >= 15 is 0 Å². The second-order valence-electron chi connectivity index (χ2n) is 6.43. The summed E-state index contributed by atoms with van der Waals surface area (Å²) in [6.45, 7) is 2.50. The van der Waals surface area contributed by atoms with E-state index in [0.29, 0.717) is 23.7 Å². The lowest BCUT2D eigenvalue weighted by Crippen LogP contribution is -2.02. The number of nitro groups is 1. The van der Waals surface area contributed by atoms with Crippen LogP contribution in [-0.4, -0.2) is 33.8 Å². The topological polar surface area (TPSA) is 136 Å². The third-order valence-electron chi connectivity index (χ3n) is 4.23. The number of hydrogen-bond donors (Lipinski definition) is 2. The van der Waals surface area contributed by atoms with E-state index in [0.717, 1.165) is 5.56 Å². The molecule has 0 fully saturated rings. The van der Waals surface area contributed by atoms with Crippen LogP contribution in [0.1, 0.15) is 28.4 Å². The lowest BCUT2D eigenvalue weighted by atomic mass is 10.1. The van der Waals surface area contributed by atoms with Crippen LogP contribution in [0.25, 0.3) is 0 Å². The van der Waals surface area contributed by atoms with Crippen LogP contribution >= 0.6 is 0 Å². The molecule has 3 aromatic rings. The molecule has 3 rings (SSSR count). The third-order valence-corrected chi connectivity index (χ3v) is 4.23. The number of anilines is 1. The van der Waals surface area contributed by atoms with E-state index in [1.807, 2.05) is 6.92 Å². The van der Waals surface area contributed by atoms with Crippen molar-refractivity contribution in [3.05, 3.63) is 87.6 Å². The van der Waals surface area contributed by atoms with Gasteiger partial charge in [0, 0.05) is 12.3 Å². The predicted molar refractivity (Wildman–Crippen MR) is 117 cm³/mol. The highest BCUT2D eigenvalue weighted by Gasteiger charge is 2.13. The quantitative estimate of drug-likeness (QED) is 0.275. The third kappa shape index (κ3) is 5.79. The van der Waals surface area contributed by atoms with Gasteiger partial charge in [-0.05, 0) is 54.4 Å². The van der Waals surface area contributed by atoms with E-state index < -0.39 is 10.9 Å². The first-order valence-electron chi connectivity index (χ1n) is 9.58. The molecule has 0 aliphatic rings. The van der Waals surface area contributed by atoms with Gasteiger partial charge in [-0.3, -0.25) is 15.5 Å². The van der Waals surface area contributed by atoms with E-state index in [9.17, 15) is 14.9 Å². The van der Waals surface area contributed by atoms with E-state index in [-0.39, 0.29) is 23.7 Å². The number of hydrogen-bond acceptors (Lipinski definition) is 8. The summed E-state index contributed by atoms with van der Waals surface area (Å²) in [6.07, 6.45) is 2.91. The molecule has 0 spiro atoms. The first-order chi connectivity index (χ1) is 15.5. The molecule has 0 unspecified atom stereocenters. The van der Waals surface area contributed by atoms with Gasteiger partial charge >= 0.3 is 11.7 Å². The van der Waals surface area contributed by atoms with Crippen LogP contribution in [0.3, 0.4) is 0 Å². The van der Waals surface area contributed by atoms with Crippen LogP contribution in [0, 0.1) is 10.1 Å². The van der Waals surface area contributed by atoms with Gasteiger partial charge in [0.15, 0.2) is 11.5 Å². The zero-order valence-corrected chi connectivity index (χ0v) is 17.1. The maximum Gasteiger partial charge on any atom is 0.335 e. The second kappa shape index (κ2) is 10.5. The van der Waals surface area contributed by atoms with Crippen LogP contribution in [0.2, 0.25) is 0 Å². The number of aromatic nitrogens is 1. The number of pyridine rings is 1. The minimum Gasteiger partial charge on any atom is -0.490 e. The van der Waals surface area contributed by atoms with Gasteiger partial charge in [0.1, 0.15) is 6.61 Å². The smallest absolute Gasteiger partial charge is 0.335 e. The van der Waals surface area contributed by atoms with E-state index in [1.165, 1.54) is 36.7 Å². The van der Waals surface area contributed by atoms with E-state index in [1.54, 1.807) is 30.3 Å². The molecule has 10 nitrogen and oxygen atoms in total. The number of aromatic carboxylic acids is 1. The molecule has 32 heavy (non-hydrogen) atoms. The molecule has 0 atom stereocenters. The monoisotopic (exact) mass is 436 g/mol. The fraction of sp³-hybridized carbons (Fsp3) is 0.136. The van der Waals surface area contributed by atoms with Crippen molar-refractivity contribution in [1.29, 1.82) is 0 Å². The first kappa shape index (κ1) is 22.2. The Morgan fingerprint density at radius 2 is 1.97 bits per heavy atom. The molecule has 0 bridgehead atoms. The van der Waals surface area contributed by atoms with Crippen molar-refractivity contribution in [2.45, 2.75) is 13.5 Å². The van der Waals surface area contributed by atoms with Gasteiger partial charge in [-0.2, -0.15) is 5.10 Å². The summed E-state index contributed by atoms with van der Waals surface area (Å²) in [6, 6.07) is 14.4. The van der Waals surface area contributed by atoms with Crippen LogP contribution in [0.15, 0.2) is 65.9 Å². The normalized spacial score (nSPS) is 10.7. The first-order valence-corrected chi connectivity index (χ1v) is 9.58. The summed E-state index contributed by atoms with van der Waals surface area (Å²) >= 11 is 0. The van der Waals surface area contributed by atoms with Crippen molar-refractivity contribution >= 4 is 23.7 Å². The molecule has 1 aromatic heterocycles. The minimum atomic E-state index is -0.986. The van der Waals surface area contributed by atoms with Gasteiger partial charge in [0.2, 0.25) is 5.82 Å². The number of carboxylic acids is 1. The standard InChI is InChI=1S/C22H20N4O6/c1-2-31-20-12-16(13-24-25-21-18(26(29)30)4-3-11-23-21)7-10-19(20)32-14-15-5-8-17(9-6-15)22(27)28/h3-13H,2,14H2,1H3,(H,23,25)(H,27,28)/b24-13-. The number of hydrazone groups is 1. The van der Waals surface area contributed by atoms with Gasteiger partial charge in [-0.15, -0.1) is 0 Å². The molecular weight excluding hydrogens is 416 g/mol. The zero-order chi connectivity index (χ0) is 22.9. The van der Waals surface area contributed by atoms with Crippen LogP contribution < -0.4 is 14.9 Å². The Morgan fingerprint density at radius 1 is 1.19 bits per heavy atom. The molecule has 0 saturated carbocycles. The number of carboxylic acid groups (broad SMARTS) is 1. The van der Waals surface area contributed by atoms with Crippen molar-refractivity contribution < 1.29 is 24.3 Å². The molecule has 0 radical (unpaired) electrons. The van der Waals surface area contributed by atoms with E-state index in [4.69, 9.17) is 14.6 Å². The molecule has 1 heterocycles. The maximum atomic E-state index is 11.0. The van der Waals surface area contributed by atoms with Gasteiger partial charge < -0.3 is 14.6 Å². The summed E-state index contributed by atoms with van der Waals surface area (Å²) in [5.74, 6) is 0.0650. The minimum absolute atomic E-state index is 0.0349. The Morgan fingerprint density at radius 3 is 2.66 bits per heavy atom. The highest BCUT2D eigenvalue weighted by molar-refractivity contribution is 5.87. The average Bonchev–Trinajstić information content (AvgIpc) is 2.79. The Hall–Kier alpha value is -4.47. The van der Waals surface area contributed by atoms with E-state index in [2.05, 4.69) is 15.5 Å². The summed E-state index contributed by atoms with van der Waals surface area (Å²) in [5.41, 5.74) is 4.08. The highest BCUT2D eigenvalue weighted by atomic mass is 16.6. The molecule has 2 N–H and O–H groups in total. The number of nitrogens with zero attached hydrogens (tertiary/aromatic N) is 3. The molecular formula is C22H20N4O6. The van der Waals surface area contributed by atoms with Crippen LogP contribution in [0.5, 0.6) is 11.5 Å². The zero-order valence-electron chi connectivity index (χ0n) is 17.1. The van der Waals surface area contributed by atoms with Crippen LogP contribution in [-0.2, 0) is 6.61 Å². The predicted octanol–water partition coefficient (Wildman–Crippen LogP) is 4.11. The average molecular weight is 436 g/mol. The molecule has 164 valence electrons. The number of rotatable bonds is 10. The Kier molecular flexibility index (Phi) is 7.31. The van der Waals surface area contributed by atoms with Crippen molar-refractivity contribution in [3.63, 3.8) is 0 Å². The van der Waals surface area contributed by atoms with Gasteiger partial charge in [-0.1, -0.05) is 12.1 Å². The summed E-state index contributed by atoms with van der Waals surface area (Å²) in [5, 5.41) is 24.0. The highest BCUT2D eigenvalue weighted by Crippen LogP contribution is 2.29. The molecule has 0 aliphatic heterocycles. The Balaban J connectivity index is 1.69. The maximum absolute atomic E-state index is 11.0.